The molecule has 0 aliphatic carbocycles. The Balaban J connectivity index is 1.70. The predicted octanol–water partition coefficient (Wildman–Crippen LogP) is 4.70. The minimum Gasteiger partial charge on any atom is -0.467 e. The molecule has 0 aliphatic heterocycles. The first-order chi connectivity index (χ1) is 11.8. The highest BCUT2D eigenvalue weighted by atomic mass is 16.5. The van der Waals surface area contributed by atoms with Crippen molar-refractivity contribution in [3.8, 4) is 0 Å². The Hall–Kier alpha value is -2.27. The molecule has 5 nitrogen and oxygen atoms in total. The van der Waals surface area contributed by atoms with Gasteiger partial charge in [0.05, 0.1) is 12.9 Å². The Kier molecular flexibility index (Phi) is 7.90. The normalized spacial score (nSPS) is 10.5. The van der Waals surface area contributed by atoms with Crippen molar-refractivity contribution in [3.63, 3.8) is 0 Å². The van der Waals surface area contributed by atoms with Crippen LogP contribution in [-0.4, -0.2) is 12.6 Å². The number of rotatable bonds is 10. The quantitative estimate of drug-likeness (QED) is 0.621. The van der Waals surface area contributed by atoms with E-state index in [1.165, 1.54) is 12.8 Å². The summed E-state index contributed by atoms with van der Waals surface area (Å²) in [5, 5.41) is 5.73. The summed E-state index contributed by atoms with van der Waals surface area (Å²) in [7, 11) is 0. The minimum atomic E-state index is -0.167. The van der Waals surface area contributed by atoms with E-state index in [1.54, 1.807) is 6.26 Å². The van der Waals surface area contributed by atoms with Crippen LogP contribution in [0.25, 0.3) is 0 Å². The van der Waals surface area contributed by atoms with E-state index in [-0.39, 0.29) is 6.03 Å². The maximum absolute atomic E-state index is 11.9. The van der Waals surface area contributed by atoms with Gasteiger partial charge in [-0.25, -0.2) is 4.79 Å². The molecule has 2 amide bonds. The van der Waals surface area contributed by atoms with Crippen LogP contribution in [-0.2, 0) is 18.0 Å². The van der Waals surface area contributed by atoms with Gasteiger partial charge in [0, 0.05) is 12.2 Å². The average Bonchev–Trinajstić information content (AvgIpc) is 3.08. The number of carbonyl (C=O) groups is 1. The molecule has 0 bridgehead atoms. The van der Waals surface area contributed by atoms with E-state index in [0.717, 1.165) is 29.9 Å². The van der Waals surface area contributed by atoms with Gasteiger partial charge in [0.15, 0.2) is 0 Å². The average molecular weight is 330 g/mol. The Bertz CT molecular complexity index is 596. The lowest BCUT2D eigenvalue weighted by atomic mass is 10.2. The first kappa shape index (κ1) is 18.1. The Morgan fingerprint density at radius 1 is 1.12 bits per heavy atom. The number of nitrogens with one attached hydrogen (secondary N) is 2. The van der Waals surface area contributed by atoms with Crippen LogP contribution in [0.15, 0.2) is 47.1 Å². The maximum Gasteiger partial charge on any atom is 0.319 e. The number of hydrogen-bond acceptors (Lipinski definition) is 3. The molecule has 0 aliphatic rings. The van der Waals surface area contributed by atoms with Crippen LogP contribution in [0.4, 0.5) is 10.5 Å². The number of urea groups is 1. The molecule has 0 radical (unpaired) electrons. The highest BCUT2D eigenvalue weighted by Gasteiger charge is 2.03. The van der Waals surface area contributed by atoms with Gasteiger partial charge in [-0.2, -0.15) is 0 Å². The molecule has 5 heteroatoms. The van der Waals surface area contributed by atoms with E-state index in [9.17, 15) is 4.79 Å². The number of amides is 2. The summed E-state index contributed by atoms with van der Waals surface area (Å²) in [6, 6.07) is 11.2. The predicted molar refractivity (Wildman–Crippen MR) is 94.8 cm³/mol. The van der Waals surface area contributed by atoms with Crippen LogP contribution in [0, 0.1) is 0 Å². The first-order valence-electron chi connectivity index (χ1n) is 8.52. The molecular weight excluding hydrogens is 304 g/mol. The third kappa shape index (κ3) is 6.87. The van der Waals surface area contributed by atoms with Crippen molar-refractivity contribution < 1.29 is 13.9 Å². The smallest absolute Gasteiger partial charge is 0.319 e. The Morgan fingerprint density at radius 2 is 2.04 bits per heavy atom. The van der Waals surface area contributed by atoms with Gasteiger partial charge in [-0.15, -0.1) is 0 Å². The molecule has 24 heavy (non-hydrogen) atoms. The van der Waals surface area contributed by atoms with Crippen molar-refractivity contribution in [2.75, 3.05) is 11.9 Å². The topological polar surface area (TPSA) is 63.5 Å². The number of carbonyl (C=O) groups excluding carboxylic acids is 1. The molecule has 0 fully saturated rings. The van der Waals surface area contributed by atoms with E-state index >= 15 is 0 Å². The molecule has 0 saturated carbocycles. The zero-order valence-corrected chi connectivity index (χ0v) is 14.2. The monoisotopic (exact) mass is 330 g/mol. The molecule has 2 N–H and O–H groups in total. The summed E-state index contributed by atoms with van der Waals surface area (Å²) in [5.41, 5.74) is 1.77. The van der Waals surface area contributed by atoms with Gasteiger partial charge in [0.1, 0.15) is 12.4 Å². The molecular formula is C19H26N2O3. The van der Waals surface area contributed by atoms with Gasteiger partial charge in [-0.3, -0.25) is 0 Å². The summed E-state index contributed by atoms with van der Waals surface area (Å²) < 4.78 is 10.8. The van der Waals surface area contributed by atoms with Crippen molar-refractivity contribution in [3.05, 3.63) is 54.0 Å². The van der Waals surface area contributed by atoms with E-state index in [1.807, 2.05) is 36.4 Å². The van der Waals surface area contributed by atoms with Crippen LogP contribution < -0.4 is 10.6 Å². The van der Waals surface area contributed by atoms with E-state index in [2.05, 4.69) is 17.6 Å². The van der Waals surface area contributed by atoms with Crippen molar-refractivity contribution in [1.82, 2.24) is 5.32 Å². The molecule has 0 unspecified atom stereocenters. The number of hydrogen-bond donors (Lipinski definition) is 2. The van der Waals surface area contributed by atoms with Crippen LogP contribution in [0.1, 0.15) is 43.9 Å². The highest BCUT2D eigenvalue weighted by Crippen LogP contribution is 2.12. The molecule has 2 aromatic rings. The van der Waals surface area contributed by atoms with Crippen LogP contribution >= 0.6 is 0 Å². The molecule has 0 saturated heterocycles. The van der Waals surface area contributed by atoms with Gasteiger partial charge in [-0.05, 0) is 36.2 Å². The summed E-state index contributed by atoms with van der Waals surface area (Å²) in [6.45, 7) is 3.78. The standard InChI is InChI=1S/C19H26N2O3/c1-2-3-4-5-11-20-19(22)21-17-9-6-8-16(13-17)14-23-15-18-10-7-12-24-18/h6-10,12-13H,2-5,11,14-15H2,1H3,(H2,20,21,22). The third-order valence-corrected chi connectivity index (χ3v) is 3.59. The van der Waals surface area contributed by atoms with Crippen molar-refractivity contribution in [1.29, 1.82) is 0 Å². The molecule has 0 atom stereocenters. The highest BCUT2D eigenvalue weighted by molar-refractivity contribution is 5.89. The van der Waals surface area contributed by atoms with Gasteiger partial charge in [-0.1, -0.05) is 38.3 Å². The fraction of sp³-hybridized carbons (Fsp3) is 0.421. The van der Waals surface area contributed by atoms with Gasteiger partial charge >= 0.3 is 6.03 Å². The first-order valence-corrected chi connectivity index (χ1v) is 8.52. The summed E-state index contributed by atoms with van der Waals surface area (Å²) in [5.74, 6) is 0.798. The number of anilines is 1. The van der Waals surface area contributed by atoms with E-state index < -0.39 is 0 Å². The zero-order valence-electron chi connectivity index (χ0n) is 14.2. The van der Waals surface area contributed by atoms with E-state index in [0.29, 0.717) is 19.8 Å². The summed E-state index contributed by atoms with van der Waals surface area (Å²) >= 11 is 0. The summed E-state index contributed by atoms with van der Waals surface area (Å²) in [4.78, 5) is 11.9. The number of ether oxygens (including phenoxy) is 1. The second-order valence-corrected chi connectivity index (χ2v) is 5.71. The fourth-order valence-corrected chi connectivity index (χ4v) is 2.33. The third-order valence-electron chi connectivity index (χ3n) is 3.59. The zero-order chi connectivity index (χ0) is 17.0. The lowest BCUT2D eigenvalue weighted by molar-refractivity contribution is 0.0930. The molecule has 1 aromatic heterocycles. The van der Waals surface area contributed by atoms with Gasteiger partial charge in [0.2, 0.25) is 0 Å². The van der Waals surface area contributed by atoms with Crippen LogP contribution in [0.5, 0.6) is 0 Å². The van der Waals surface area contributed by atoms with Crippen molar-refractivity contribution >= 4 is 11.7 Å². The van der Waals surface area contributed by atoms with Gasteiger partial charge in [0.25, 0.3) is 0 Å². The van der Waals surface area contributed by atoms with E-state index in [4.69, 9.17) is 9.15 Å². The SMILES string of the molecule is CCCCCCNC(=O)Nc1cccc(COCc2ccco2)c1. The van der Waals surface area contributed by atoms with Crippen molar-refractivity contribution in [2.45, 2.75) is 45.8 Å². The van der Waals surface area contributed by atoms with Crippen LogP contribution in [0.3, 0.4) is 0 Å². The molecule has 1 aromatic carbocycles. The molecule has 2 rings (SSSR count). The van der Waals surface area contributed by atoms with Crippen molar-refractivity contribution in [2.24, 2.45) is 0 Å². The minimum absolute atomic E-state index is 0.167. The largest absolute Gasteiger partial charge is 0.467 e. The lowest BCUT2D eigenvalue weighted by Crippen LogP contribution is -2.29. The second kappa shape index (κ2) is 10.5. The Labute approximate surface area is 143 Å². The Morgan fingerprint density at radius 3 is 2.83 bits per heavy atom. The second-order valence-electron chi connectivity index (χ2n) is 5.71. The number of benzene rings is 1. The summed E-state index contributed by atoms with van der Waals surface area (Å²) in [6.07, 6.45) is 6.20. The molecule has 130 valence electrons. The maximum atomic E-state index is 11.9. The number of furan rings is 1. The van der Waals surface area contributed by atoms with Crippen LogP contribution in [0.2, 0.25) is 0 Å². The fourth-order valence-electron chi connectivity index (χ4n) is 2.33. The molecule has 1 heterocycles. The lowest BCUT2D eigenvalue weighted by Gasteiger charge is -2.09. The number of unbranched alkanes of at least 4 members (excludes halogenated alkanes) is 3. The van der Waals surface area contributed by atoms with Gasteiger partial charge < -0.3 is 19.8 Å². The molecule has 0 spiro atoms.